The number of rotatable bonds is 3. The number of hydrogen-bond acceptors (Lipinski definition) is 3. The minimum Gasteiger partial charge on any atom is -0.398 e. The van der Waals surface area contributed by atoms with E-state index in [9.17, 15) is 4.79 Å². The molecule has 2 aromatic rings. The van der Waals surface area contributed by atoms with E-state index in [-0.39, 0.29) is 5.91 Å². The van der Waals surface area contributed by atoms with Gasteiger partial charge in [-0.25, -0.2) is 0 Å². The Hall–Kier alpha value is -1.33. The van der Waals surface area contributed by atoms with Crippen molar-refractivity contribution in [2.24, 2.45) is 0 Å². The average Bonchev–Trinajstić information content (AvgIpc) is 2.82. The van der Waals surface area contributed by atoms with Crippen molar-refractivity contribution < 1.29 is 4.79 Å². The van der Waals surface area contributed by atoms with E-state index in [0.29, 0.717) is 17.8 Å². The van der Waals surface area contributed by atoms with Gasteiger partial charge in [0.2, 0.25) is 0 Å². The standard InChI is InChI=1S/C12H11BrN2OS/c13-10-2-1-9(5-11(10)14)12(16)15-6-8-3-4-17-7-8/h1-5,7H,6,14H2,(H,15,16). The third kappa shape index (κ3) is 3.08. The normalized spacial score (nSPS) is 10.2. The predicted octanol–water partition coefficient (Wildman–Crippen LogP) is 3.02. The zero-order valence-electron chi connectivity index (χ0n) is 8.94. The van der Waals surface area contributed by atoms with Crippen LogP contribution in [0.25, 0.3) is 0 Å². The Morgan fingerprint density at radius 3 is 2.88 bits per heavy atom. The lowest BCUT2D eigenvalue weighted by Crippen LogP contribution is -2.22. The number of hydrogen-bond donors (Lipinski definition) is 2. The molecule has 0 aliphatic carbocycles. The zero-order chi connectivity index (χ0) is 12.3. The molecule has 88 valence electrons. The molecular formula is C12H11BrN2OS. The van der Waals surface area contributed by atoms with Gasteiger partial charge in [-0.15, -0.1) is 0 Å². The Kier molecular flexibility index (Phi) is 3.81. The van der Waals surface area contributed by atoms with Crippen molar-refractivity contribution in [3.05, 3.63) is 50.6 Å². The predicted molar refractivity (Wildman–Crippen MR) is 74.0 cm³/mol. The Labute approximate surface area is 112 Å². The molecule has 0 unspecified atom stereocenters. The Morgan fingerprint density at radius 2 is 2.24 bits per heavy atom. The van der Waals surface area contributed by atoms with Gasteiger partial charge in [0, 0.05) is 22.3 Å². The highest BCUT2D eigenvalue weighted by Crippen LogP contribution is 2.20. The number of amides is 1. The lowest BCUT2D eigenvalue weighted by Gasteiger charge is -2.05. The molecule has 0 aliphatic heterocycles. The topological polar surface area (TPSA) is 55.1 Å². The maximum absolute atomic E-state index is 11.8. The highest BCUT2D eigenvalue weighted by Gasteiger charge is 2.07. The summed E-state index contributed by atoms with van der Waals surface area (Å²) in [5, 5.41) is 6.84. The van der Waals surface area contributed by atoms with E-state index < -0.39 is 0 Å². The molecule has 0 spiro atoms. The first kappa shape index (κ1) is 12.1. The van der Waals surface area contributed by atoms with E-state index in [1.807, 2.05) is 16.8 Å². The summed E-state index contributed by atoms with van der Waals surface area (Å²) >= 11 is 4.91. The van der Waals surface area contributed by atoms with Gasteiger partial charge >= 0.3 is 0 Å². The van der Waals surface area contributed by atoms with Gasteiger partial charge in [0.15, 0.2) is 0 Å². The van der Waals surface area contributed by atoms with Crippen LogP contribution in [0.1, 0.15) is 15.9 Å². The van der Waals surface area contributed by atoms with Crippen molar-refractivity contribution in [2.45, 2.75) is 6.54 Å². The number of halogens is 1. The van der Waals surface area contributed by atoms with E-state index >= 15 is 0 Å². The van der Waals surface area contributed by atoms with Crippen LogP contribution >= 0.6 is 27.3 Å². The molecule has 2 rings (SSSR count). The summed E-state index contributed by atoms with van der Waals surface area (Å²) in [6, 6.07) is 7.16. The summed E-state index contributed by atoms with van der Waals surface area (Å²) in [5.74, 6) is -0.115. The number of anilines is 1. The van der Waals surface area contributed by atoms with Crippen LogP contribution in [-0.4, -0.2) is 5.91 Å². The first-order chi connectivity index (χ1) is 8.16. The molecule has 0 aliphatic rings. The first-order valence-electron chi connectivity index (χ1n) is 5.01. The van der Waals surface area contributed by atoms with Crippen LogP contribution in [0.2, 0.25) is 0 Å². The fraction of sp³-hybridized carbons (Fsp3) is 0.0833. The fourth-order valence-corrected chi connectivity index (χ4v) is 2.28. The third-order valence-corrected chi connectivity index (χ3v) is 3.75. The van der Waals surface area contributed by atoms with Crippen molar-refractivity contribution in [2.75, 3.05) is 5.73 Å². The largest absolute Gasteiger partial charge is 0.398 e. The van der Waals surface area contributed by atoms with E-state index in [0.717, 1.165) is 10.0 Å². The van der Waals surface area contributed by atoms with E-state index in [4.69, 9.17) is 5.73 Å². The van der Waals surface area contributed by atoms with Gasteiger partial charge < -0.3 is 11.1 Å². The Balaban J connectivity index is 2.02. The molecule has 3 N–H and O–H groups in total. The van der Waals surface area contributed by atoms with Gasteiger partial charge in [-0.2, -0.15) is 11.3 Å². The van der Waals surface area contributed by atoms with Gasteiger partial charge in [-0.05, 0) is 56.5 Å². The van der Waals surface area contributed by atoms with Crippen LogP contribution in [0.15, 0.2) is 39.5 Å². The van der Waals surface area contributed by atoms with Gasteiger partial charge in [0.25, 0.3) is 5.91 Å². The molecule has 0 atom stereocenters. The van der Waals surface area contributed by atoms with Crippen LogP contribution in [0.4, 0.5) is 5.69 Å². The quantitative estimate of drug-likeness (QED) is 0.856. The number of thiophene rings is 1. The second-order valence-electron chi connectivity index (χ2n) is 3.55. The highest BCUT2D eigenvalue weighted by atomic mass is 79.9. The maximum atomic E-state index is 11.8. The molecular weight excluding hydrogens is 300 g/mol. The monoisotopic (exact) mass is 310 g/mol. The molecule has 1 amide bonds. The van der Waals surface area contributed by atoms with Crippen molar-refractivity contribution >= 4 is 38.9 Å². The summed E-state index contributed by atoms with van der Waals surface area (Å²) in [6.07, 6.45) is 0. The van der Waals surface area contributed by atoms with Crippen LogP contribution in [0.5, 0.6) is 0 Å². The summed E-state index contributed by atoms with van der Waals surface area (Å²) in [7, 11) is 0. The number of carbonyl (C=O) groups excluding carboxylic acids is 1. The zero-order valence-corrected chi connectivity index (χ0v) is 11.3. The van der Waals surface area contributed by atoms with E-state index in [1.54, 1.807) is 29.5 Å². The minimum absolute atomic E-state index is 0.115. The van der Waals surface area contributed by atoms with E-state index in [1.165, 1.54) is 0 Å². The van der Waals surface area contributed by atoms with Crippen molar-refractivity contribution in [3.63, 3.8) is 0 Å². The molecule has 0 saturated heterocycles. The highest BCUT2D eigenvalue weighted by molar-refractivity contribution is 9.10. The Morgan fingerprint density at radius 1 is 1.41 bits per heavy atom. The van der Waals surface area contributed by atoms with Gasteiger partial charge in [0.05, 0.1) is 0 Å². The minimum atomic E-state index is -0.115. The maximum Gasteiger partial charge on any atom is 0.251 e. The summed E-state index contributed by atoms with van der Waals surface area (Å²) < 4.78 is 0.798. The summed E-state index contributed by atoms with van der Waals surface area (Å²) in [5.41, 5.74) is 7.96. The lowest BCUT2D eigenvalue weighted by molar-refractivity contribution is 0.0951. The molecule has 1 heterocycles. The number of benzene rings is 1. The molecule has 0 saturated carbocycles. The van der Waals surface area contributed by atoms with Crippen LogP contribution < -0.4 is 11.1 Å². The number of nitrogens with two attached hydrogens (primary N) is 1. The first-order valence-corrected chi connectivity index (χ1v) is 6.74. The van der Waals surface area contributed by atoms with Gasteiger partial charge in [-0.3, -0.25) is 4.79 Å². The molecule has 3 nitrogen and oxygen atoms in total. The number of nitrogens with one attached hydrogen (secondary N) is 1. The third-order valence-electron chi connectivity index (χ3n) is 2.29. The fourth-order valence-electron chi connectivity index (χ4n) is 1.36. The lowest BCUT2D eigenvalue weighted by atomic mass is 10.2. The molecule has 1 aromatic carbocycles. The van der Waals surface area contributed by atoms with Gasteiger partial charge in [-0.1, -0.05) is 0 Å². The van der Waals surface area contributed by atoms with Crippen molar-refractivity contribution in [3.8, 4) is 0 Å². The van der Waals surface area contributed by atoms with Crippen LogP contribution in [0.3, 0.4) is 0 Å². The summed E-state index contributed by atoms with van der Waals surface area (Å²) in [6.45, 7) is 0.540. The van der Waals surface area contributed by atoms with Crippen LogP contribution in [-0.2, 0) is 6.54 Å². The molecule has 17 heavy (non-hydrogen) atoms. The summed E-state index contributed by atoms with van der Waals surface area (Å²) in [4.78, 5) is 11.8. The average molecular weight is 311 g/mol. The SMILES string of the molecule is Nc1cc(C(=O)NCc2ccsc2)ccc1Br. The van der Waals surface area contributed by atoms with Crippen molar-refractivity contribution in [1.29, 1.82) is 0 Å². The second-order valence-corrected chi connectivity index (χ2v) is 5.18. The van der Waals surface area contributed by atoms with Gasteiger partial charge in [0.1, 0.15) is 0 Å². The molecule has 1 aromatic heterocycles. The number of carbonyl (C=O) groups is 1. The molecule has 0 bridgehead atoms. The Bertz CT molecular complexity index is 525. The molecule has 0 fully saturated rings. The smallest absolute Gasteiger partial charge is 0.251 e. The molecule has 0 radical (unpaired) electrons. The van der Waals surface area contributed by atoms with Crippen molar-refractivity contribution in [1.82, 2.24) is 5.32 Å². The van der Waals surface area contributed by atoms with Crippen LogP contribution in [0, 0.1) is 0 Å². The molecule has 5 heteroatoms. The van der Waals surface area contributed by atoms with E-state index in [2.05, 4.69) is 21.2 Å². The number of nitrogen functional groups attached to an aromatic ring is 1. The second kappa shape index (κ2) is 5.33.